The predicted molar refractivity (Wildman–Crippen MR) is 230 cm³/mol. The van der Waals surface area contributed by atoms with Gasteiger partial charge in [-0.15, -0.1) is 0 Å². The molecule has 7 aromatic rings. The molecule has 1 unspecified atom stereocenters. The molecule has 55 heavy (non-hydrogen) atoms. The van der Waals surface area contributed by atoms with E-state index in [9.17, 15) is 0 Å². The number of ether oxygens (including phenoxy) is 1. The molecule has 0 amide bonds. The van der Waals surface area contributed by atoms with Crippen molar-refractivity contribution in [2.24, 2.45) is 0 Å². The Kier molecular flexibility index (Phi) is 8.29. The number of hydrogen-bond donors (Lipinski definition) is 1. The first kappa shape index (κ1) is 32.8. The lowest BCUT2D eigenvalue weighted by molar-refractivity contribution is 0.260. The van der Waals surface area contributed by atoms with Gasteiger partial charge in [0.05, 0.1) is 11.4 Å². The lowest BCUT2D eigenvalue weighted by Gasteiger charge is -2.27. The number of para-hydroxylation sites is 3. The van der Waals surface area contributed by atoms with Crippen molar-refractivity contribution < 1.29 is 9.15 Å². The van der Waals surface area contributed by atoms with Gasteiger partial charge in [0.2, 0.25) is 0 Å². The molecule has 0 saturated carbocycles. The molecule has 0 saturated heterocycles. The minimum absolute atomic E-state index is 0.261. The Hall–Kier alpha value is -6.78. The Labute approximate surface area is 321 Å². The summed E-state index contributed by atoms with van der Waals surface area (Å²) in [6, 6.07) is 40.4. The quantitative estimate of drug-likeness (QED) is 0.126. The lowest BCUT2D eigenvalue weighted by atomic mass is 9.90. The number of benzene rings is 6. The maximum atomic E-state index is 6.73. The highest BCUT2D eigenvalue weighted by Crippen LogP contribution is 2.42. The molecule has 2 heterocycles. The van der Waals surface area contributed by atoms with Gasteiger partial charge in [0.1, 0.15) is 11.3 Å². The summed E-state index contributed by atoms with van der Waals surface area (Å²) < 4.78 is 13.0. The molecule has 0 bridgehead atoms. The number of anilines is 2. The molecule has 3 aliphatic rings. The second-order valence-electron chi connectivity index (χ2n) is 14.4. The molecule has 0 radical (unpaired) electrons. The first-order valence-corrected chi connectivity index (χ1v) is 19.2. The summed E-state index contributed by atoms with van der Waals surface area (Å²) in [4.78, 5) is 2.31. The van der Waals surface area contributed by atoms with Crippen molar-refractivity contribution in [1.29, 1.82) is 0 Å². The number of fused-ring (bicyclic) bond motifs is 7. The van der Waals surface area contributed by atoms with E-state index >= 15 is 0 Å². The molecular formula is C51H40N2O2. The Morgan fingerprint density at radius 3 is 2.38 bits per heavy atom. The lowest BCUT2D eigenvalue weighted by Crippen LogP contribution is -2.17. The summed E-state index contributed by atoms with van der Waals surface area (Å²) in [5.41, 5.74) is 11.1. The highest BCUT2D eigenvalue weighted by molar-refractivity contribution is 6.13. The third-order valence-electron chi connectivity index (χ3n) is 11.2. The van der Waals surface area contributed by atoms with Crippen molar-refractivity contribution in [3.63, 3.8) is 0 Å². The highest BCUT2D eigenvalue weighted by Gasteiger charge is 2.25. The topological polar surface area (TPSA) is 37.6 Å². The standard InChI is InChI=1S/C51H40N2O2/c1-2-34(44-32-37-16-6-7-18-40(37)41-19-8-9-20-42(41)44)17-13-31-53(39-28-25-36(26-29-39)35-14-4-3-5-15-35)47-23-12-21-43-45-33-38(27-30-48(45)54-50(43)47)51-52-46-22-10-11-24-49(46)55-51/h2-4,6-14,16-25,27-28,30-33,51-52H,1,5,15,26,29H2/b31-13+,34-17+. The van der Waals surface area contributed by atoms with Gasteiger partial charge in [0, 0.05) is 28.2 Å². The van der Waals surface area contributed by atoms with Crippen LogP contribution >= 0.6 is 0 Å². The van der Waals surface area contributed by atoms with E-state index in [1.165, 1.54) is 44.0 Å². The molecule has 4 heteroatoms. The van der Waals surface area contributed by atoms with Crippen LogP contribution in [0.2, 0.25) is 0 Å². The molecule has 1 aromatic heterocycles. The summed E-state index contributed by atoms with van der Waals surface area (Å²) in [7, 11) is 0. The average molecular weight is 713 g/mol. The minimum Gasteiger partial charge on any atom is -0.464 e. The third-order valence-corrected chi connectivity index (χ3v) is 11.2. The van der Waals surface area contributed by atoms with E-state index in [-0.39, 0.29) is 6.23 Å². The fourth-order valence-corrected chi connectivity index (χ4v) is 8.38. The van der Waals surface area contributed by atoms with Crippen LogP contribution in [0.25, 0.3) is 49.1 Å². The van der Waals surface area contributed by atoms with Gasteiger partial charge in [0.25, 0.3) is 0 Å². The summed E-state index contributed by atoms with van der Waals surface area (Å²) in [6.07, 6.45) is 23.6. The van der Waals surface area contributed by atoms with Crippen LogP contribution in [0.4, 0.5) is 11.4 Å². The average Bonchev–Trinajstić information content (AvgIpc) is 3.86. The van der Waals surface area contributed by atoms with Gasteiger partial charge in [-0.25, -0.2) is 0 Å². The molecule has 10 rings (SSSR count). The zero-order chi connectivity index (χ0) is 36.7. The van der Waals surface area contributed by atoms with E-state index in [1.54, 1.807) is 0 Å². The number of furan rings is 1. The number of rotatable bonds is 8. The van der Waals surface area contributed by atoms with Gasteiger partial charge >= 0.3 is 0 Å². The smallest absolute Gasteiger partial charge is 0.196 e. The Morgan fingerprint density at radius 2 is 1.55 bits per heavy atom. The third kappa shape index (κ3) is 5.97. The van der Waals surface area contributed by atoms with Crippen molar-refractivity contribution in [2.45, 2.75) is 31.9 Å². The predicted octanol–water partition coefficient (Wildman–Crippen LogP) is 13.9. The van der Waals surface area contributed by atoms with E-state index in [0.717, 1.165) is 75.9 Å². The monoisotopic (exact) mass is 712 g/mol. The van der Waals surface area contributed by atoms with Crippen molar-refractivity contribution >= 4 is 60.4 Å². The molecule has 1 N–H and O–H groups in total. The van der Waals surface area contributed by atoms with Crippen LogP contribution in [0.15, 0.2) is 198 Å². The molecular weight excluding hydrogens is 673 g/mol. The maximum absolute atomic E-state index is 6.73. The van der Waals surface area contributed by atoms with Crippen molar-refractivity contribution in [1.82, 2.24) is 0 Å². The minimum atomic E-state index is -0.261. The number of allylic oxidation sites excluding steroid dienone is 12. The summed E-state index contributed by atoms with van der Waals surface area (Å²) in [5, 5.41) is 10.6. The zero-order valence-corrected chi connectivity index (χ0v) is 30.5. The largest absolute Gasteiger partial charge is 0.464 e. The van der Waals surface area contributed by atoms with E-state index in [1.807, 2.05) is 30.3 Å². The SMILES string of the molecule is C=C/C(=C\C=C\N(C1=CC=C(C2=CC=CCC2)CC1)c1cccc2c1oc1ccc(C3Nc4ccccc4O3)cc12)c1cc2ccccc2c2ccccc12. The van der Waals surface area contributed by atoms with Crippen LogP contribution in [-0.2, 0) is 0 Å². The van der Waals surface area contributed by atoms with Gasteiger partial charge in [0.15, 0.2) is 11.8 Å². The summed E-state index contributed by atoms with van der Waals surface area (Å²) in [6.45, 7) is 4.26. The van der Waals surface area contributed by atoms with Crippen molar-refractivity contribution in [2.75, 3.05) is 10.2 Å². The number of nitrogens with zero attached hydrogens (tertiary/aromatic N) is 1. The van der Waals surface area contributed by atoms with Crippen molar-refractivity contribution in [3.05, 3.63) is 205 Å². The second kappa shape index (κ2) is 13.9. The second-order valence-corrected chi connectivity index (χ2v) is 14.4. The first-order valence-electron chi connectivity index (χ1n) is 19.2. The molecule has 0 fully saturated rings. The Balaban J connectivity index is 1.06. The Bertz CT molecular complexity index is 2830. The van der Waals surface area contributed by atoms with Gasteiger partial charge in [-0.2, -0.15) is 0 Å². The molecule has 2 aliphatic carbocycles. The van der Waals surface area contributed by atoms with Gasteiger partial charge < -0.3 is 19.4 Å². The van der Waals surface area contributed by atoms with Crippen LogP contribution < -0.4 is 15.0 Å². The first-order chi connectivity index (χ1) is 27.2. The molecule has 1 atom stereocenters. The fraction of sp³-hybridized carbons (Fsp3) is 0.0980. The molecule has 0 spiro atoms. The van der Waals surface area contributed by atoms with Crippen molar-refractivity contribution in [3.8, 4) is 5.75 Å². The summed E-state index contributed by atoms with van der Waals surface area (Å²) in [5.74, 6) is 0.867. The van der Waals surface area contributed by atoms with E-state index < -0.39 is 0 Å². The van der Waals surface area contributed by atoms with E-state index in [0.29, 0.717) is 0 Å². The summed E-state index contributed by atoms with van der Waals surface area (Å²) >= 11 is 0. The van der Waals surface area contributed by atoms with E-state index in [4.69, 9.17) is 9.15 Å². The van der Waals surface area contributed by atoms with Crippen LogP contribution in [0.5, 0.6) is 5.75 Å². The molecule has 1 aliphatic heterocycles. The van der Waals surface area contributed by atoms with Crippen LogP contribution in [0.1, 0.15) is 43.0 Å². The zero-order valence-electron chi connectivity index (χ0n) is 30.5. The normalized spacial score (nSPS) is 16.9. The van der Waals surface area contributed by atoms with Crippen LogP contribution in [-0.4, -0.2) is 0 Å². The highest BCUT2D eigenvalue weighted by atomic mass is 16.5. The Morgan fingerprint density at radius 1 is 0.727 bits per heavy atom. The van der Waals surface area contributed by atoms with Crippen LogP contribution in [0, 0.1) is 0 Å². The number of nitrogens with one attached hydrogen (secondary N) is 1. The van der Waals surface area contributed by atoms with Gasteiger partial charge in [-0.1, -0.05) is 116 Å². The van der Waals surface area contributed by atoms with Crippen LogP contribution in [0.3, 0.4) is 0 Å². The number of hydrogen-bond acceptors (Lipinski definition) is 4. The van der Waals surface area contributed by atoms with E-state index in [2.05, 4.69) is 157 Å². The van der Waals surface area contributed by atoms with Gasteiger partial charge in [-0.05, 0) is 124 Å². The maximum Gasteiger partial charge on any atom is 0.196 e. The van der Waals surface area contributed by atoms with Gasteiger partial charge in [-0.3, -0.25) is 0 Å². The fourth-order valence-electron chi connectivity index (χ4n) is 8.38. The molecule has 6 aromatic carbocycles. The molecule has 4 nitrogen and oxygen atoms in total. The molecule has 266 valence electrons.